The van der Waals surface area contributed by atoms with Gasteiger partial charge in [0.1, 0.15) is 0 Å². The fourth-order valence-corrected chi connectivity index (χ4v) is 3.77. The predicted molar refractivity (Wildman–Crippen MR) is 100 cm³/mol. The maximum absolute atomic E-state index is 12.9. The van der Waals surface area contributed by atoms with Crippen molar-refractivity contribution in [3.05, 3.63) is 59.1 Å². The smallest absolute Gasteiger partial charge is 0.290 e. The van der Waals surface area contributed by atoms with Crippen LogP contribution in [-0.2, 0) is 9.59 Å². The second-order valence-electron chi connectivity index (χ2n) is 5.61. The van der Waals surface area contributed by atoms with Gasteiger partial charge in [-0.2, -0.15) is 0 Å². The fourth-order valence-electron chi connectivity index (χ4n) is 2.57. The minimum absolute atomic E-state index is 0.327. The molecule has 0 saturated carbocycles. The lowest BCUT2D eigenvalue weighted by atomic mass is 10.2. The van der Waals surface area contributed by atoms with Crippen molar-refractivity contribution in [2.75, 3.05) is 9.80 Å². The molecule has 1 aliphatic heterocycles. The van der Waals surface area contributed by atoms with Gasteiger partial charge >= 0.3 is 0 Å². The van der Waals surface area contributed by atoms with Gasteiger partial charge in [-0.25, -0.2) is 4.90 Å². The highest BCUT2D eigenvalue weighted by Gasteiger charge is 2.45. The lowest BCUT2D eigenvalue weighted by molar-refractivity contribution is -0.121. The van der Waals surface area contributed by atoms with Crippen LogP contribution in [0.15, 0.2) is 48.5 Å². The summed E-state index contributed by atoms with van der Waals surface area (Å²) >= 11 is 6.71. The van der Waals surface area contributed by atoms with Crippen LogP contribution in [-0.4, -0.2) is 22.4 Å². The lowest BCUT2D eigenvalue weighted by Crippen LogP contribution is -2.44. The van der Waals surface area contributed by atoms with Gasteiger partial charge in [-0.3, -0.25) is 19.3 Å². The summed E-state index contributed by atoms with van der Waals surface area (Å²) in [6, 6.07) is 13.7. The van der Waals surface area contributed by atoms with Crippen molar-refractivity contribution >= 4 is 51.8 Å². The van der Waals surface area contributed by atoms with Crippen molar-refractivity contribution < 1.29 is 14.4 Å². The van der Waals surface area contributed by atoms with E-state index in [1.54, 1.807) is 36.4 Å². The third-order valence-electron chi connectivity index (χ3n) is 3.80. The first-order chi connectivity index (χ1) is 11.9. The molecule has 1 fully saturated rings. The molecule has 3 amide bonds. The van der Waals surface area contributed by atoms with Crippen molar-refractivity contribution in [2.24, 2.45) is 0 Å². The Morgan fingerprint density at radius 1 is 1.08 bits per heavy atom. The number of rotatable bonds is 3. The van der Waals surface area contributed by atoms with Gasteiger partial charge < -0.3 is 0 Å². The number of amides is 3. The number of imide groups is 1. The zero-order valence-corrected chi connectivity index (χ0v) is 15.2. The van der Waals surface area contributed by atoms with Crippen LogP contribution in [0.25, 0.3) is 0 Å². The van der Waals surface area contributed by atoms with Crippen molar-refractivity contribution in [1.29, 1.82) is 0 Å². The highest BCUT2D eigenvalue weighted by molar-refractivity contribution is 8.16. The fraction of sp³-hybridized carbons (Fsp3) is 0.167. The van der Waals surface area contributed by atoms with Crippen LogP contribution in [0.4, 0.5) is 16.2 Å². The number of hydrogen-bond donors (Lipinski definition) is 0. The molecule has 0 unspecified atom stereocenters. The average molecular weight is 375 g/mol. The zero-order valence-electron chi connectivity index (χ0n) is 13.6. The topological polar surface area (TPSA) is 57.7 Å². The first-order valence-electron chi connectivity index (χ1n) is 7.55. The van der Waals surface area contributed by atoms with E-state index < -0.39 is 16.5 Å². The minimum Gasteiger partial charge on any atom is -0.290 e. The molecule has 0 aliphatic carbocycles. The standard InChI is InChI=1S/C18H15ClN2O3S/c1-11-3-7-15(8-4-11)21-16(23)17(25-18(21)24)20(12(2)22)14-9-5-13(19)6-10-14/h3-10,17H,1-2H3/t17-/m1/s1. The summed E-state index contributed by atoms with van der Waals surface area (Å²) in [4.78, 5) is 39.8. The summed E-state index contributed by atoms with van der Waals surface area (Å²) < 4.78 is 0. The number of hydrogen-bond acceptors (Lipinski definition) is 4. The summed E-state index contributed by atoms with van der Waals surface area (Å²) in [6.45, 7) is 3.29. The van der Waals surface area contributed by atoms with Crippen molar-refractivity contribution in [3.8, 4) is 0 Å². The van der Waals surface area contributed by atoms with Gasteiger partial charge in [-0.15, -0.1) is 0 Å². The van der Waals surface area contributed by atoms with Gasteiger partial charge in [0.05, 0.1) is 5.69 Å². The van der Waals surface area contributed by atoms with E-state index in [1.165, 1.54) is 11.8 Å². The van der Waals surface area contributed by atoms with Crippen molar-refractivity contribution in [3.63, 3.8) is 0 Å². The molecule has 0 radical (unpaired) electrons. The third kappa shape index (κ3) is 3.41. The van der Waals surface area contributed by atoms with Crippen LogP contribution in [0.1, 0.15) is 12.5 Å². The molecule has 0 N–H and O–H groups in total. The third-order valence-corrected chi connectivity index (χ3v) is 5.07. The van der Waals surface area contributed by atoms with Crippen LogP contribution in [0.3, 0.4) is 0 Å². The number of thioether (sulfide) groups is 1. The molecule has 1 aliphatic rings. The van der Waals surface area contributed by atoms with Crippen LogP contribution < -0.4 is 9.80 Å². The number of benzene rings is 2. The molecule has 0 bridgehead atoms. The summed E-state index contributed by atoms with van der Waals surface area (Å²) in [7, 11) is 0. The second-order valence-corrected chi connectivity index (χ2v) is 7.08. The summed E-state index contributed by atoms with van der Waals surface area (Å²) in [6.07, 6.45) is 0. The maximum Gasteiger partial charge on any atom is 0.295 e. The average Bonchev–Trinajstić information content (AvgIpc) is 2.85. The quantitative estimate of drug-likeness (QED) is 0.806. The zero-order chi connectivity index (χ0) is 18.1. The Hall–Kier alpha value is -2.31. The first-order valence-corrected chi connectivity index (χ1v) is 8.81. The highest BCUT2D eigenvalue weighted by Crippen LogP contribution is 2.36. The summed E-state index contributed by atoms with van der Waals surface area (Å²) in [5.74, 6) is -0.768. The van der Waals surface area contributed by atoms with Gasteiger partial charge in [0, 0.05) is 17.6 Å². The van der Waals surface area contributed by atoms with E-state index in [0.717, 1.165) is 22.2 Å². The Balaban J connectivity index is 1.95. The van der Waals surface area contributed by atoms with Crippen LogP contribution in [0.5, 0.6) is 0 Å². The number of carbonyl (C=O) groups is 3. The predicted octanol–water partition coefficient (Wildman–Crippen LogP) is 4.23. The lowest BCUT2D eigenvalue weighted by Gasteiger charge is -2.25. The molecular weight excluding hydrogens is 360 g/mol. The molecule has 7 heteroatoms. The molecule has 128 valence electrons. The molecule has 0 spiro atoms. The Bertz CT molecular complexity index is 836. The van der Waals surface area contributed by atoms with E-state index in [4.69, 9.17) is 11.6 Å². The van der Waals surface area contributed by atoms with Crippen LogP contribution in [0.2, 0.25) is 5.02 Å². The van der Waals surface area contributed by atoms with E-state index in [9.17, 15) is 14.4 Å². The normalized spacial score (nSPS) is 17.1. The summed E-state index contributed by atoms with van der Waals surface area (Å²) in [5, 5.41) is -0.818. The van der Waals surface area contributed by atoms with Crippen molar-refractivity contribution in [2.45, 2.75) is 19.2 Å². The maximum atomic E-state index is 12.9. The van der Waals surface area contributed by atoms with E-state index in [-0.39, 0.29) is 5.91 Å². The van der Waals surface area contributed by atoms with Gasteiger partial charge in [-0.1, -0.05) is 29.3 Å². The van der Waals surface area contributed by atoms with E-state index in [1.807, 2.05) is 19.1 Å². The molecule has 25 heavy (non-hydrogen) atoms. The van der Waals surface area contributed by atoms with E-state index in [0.29, 0.717) is 16.4 Å². The summed E-state index contributed by atoms with van der Waals surface area (Å²) in [5.41, 5.74) is 2.04. The van der Waals surface area contributed by atoms with Crippen LogP contribution in [0, 0.1) is 6.92 Å². The molecule has 5 nitrogen and oxygen atoms in total. The van der Waals surface area contributed by atoms with Gasteiger partial charge in [0.15, 0.2) is 5.37 Å². The van der Waals surface area contributed by atoms with Crippen molar-refractivity contribution in [1.82, 2.24) is 0 Å². The van der Waals surface area contributed by atoms with Gasteiger partial charge in [0.2, 0.25) is 5.91 Å². The molecule has 2 aromatic rings. The molecule has 1 atom stereocenters. The Morgan fingerprint density at radius 3 is 2.24 bits per heavy atom. The molecule has 1 saturated heterocycles. The Labute approximate surface area is 154 Å². The second kappa shape index (κ2) is 6.90. The SMILES string of the molecule is CC(=O)N(c1ccc(Cl)cc1)[C@@H]1SC(=O)N(c2ccc(C)cc2)C1=O. The highest BCUT2D eigenvalue weighted by atomic mass is 35.5. The number of anilines is 2. The molecule has 1 heterocycles. The van der Waals surface area contributed by atoms with Gasteiger partial charge in [-0.05, 0) is 55.1 Å². The van der Waals surface area contributed by atoms with E-state index >= 15 is 0 Å². The number of carbonyl (C=O) groups excluding carboxylic acids is 3. The van der Waals surface area contributed by atoms with Gasteiger partial charge in [0.25, 0.3) is 11.1 Å². The minimum atomic E-state index is -0.938. The molecule has 2 aromatic carbocycles. The Morgan fingerprint density at radius 2 is 1.68 bits per heavy atom. The number of halogens is 1. The monoisotopic (exact) mass is 374 g/mol. The number of nitrogens with zero attached hydrogens (tertiary/aromatic N) is 2. The first kappa shape index (κ1) is 17.5. The number of aryl methyl sites for hydroxylation is 1. The Kier molecular flexibility index (Phi) is 4.83. The molecular formula is C18H15ClN2O3S. The van der Waals surface area contributed by atoms with E-state index in [2.05, 4.69) is 0 Å². The molecule has 3 rings (SSSR count). The largest absolute Gasteiger partial charge is 0.295 e. The van der Waals surface area contributed by atoms with Crippen LogP contribution >= 0.6 is 23.4 Å². The molecule has 0 aromatic heterocycles.